The average Bonchev–Trinajstić information content (AvgIpc) is 2.03. The molecule has 0 aromatic rings. The second-order valence-electron chi connectivity index (χ2n) is 3.27. The number of amides is 2. The molecule has 2 amide bonds. The molecule has 0 aromatic heterocycles. The van der Waals surface area contributed by atoms with Gasteiger partial charge in [-0.15, -0.1) is 0 Å². The Kier molecular flexibility index (Phi) is 4.36. The number of hydrogen-bond donors (Lipinski definition) is 3. The lowest BCUT2D eigenvalue weighted by atomic mass is 9.93. The molecule has 6 nitrogen and oxygen atoms in total. The molecule has 6 heteroatoms. The van der Waals surface area contributed by atoms with Crippen molar-refractivity contribution >= 4 is 11.8 Å². The van der Waals surface area contributed by atoms with E-state index in [9.17, 15) is 9.59 Å². The normalized spacial score (nSPS) is 11.0. The van der Waals surface area contributed by atoms with Crippen LogP contribution in [0.4, 0.5) is 0 Å². The van der Waals surface area contributed by atoms with Gasteiger partial charge in [0.2, 0.25) is 11.8 Å². The first-order valence-corrected chi connectivity index (χ1v) is 3.81. The minimum absolute atomic E-state index is 0.193. The number of carbonyl (C=O) groups excluding carboxylic acids is 2. The van der Waals surface area contributed by atoms with Gasteiger partial charge in [-0.05, 0) is 13.8 Å². The summed E-state index contributed by atoms with van der Waals surface area (Å²) in [5.74, 6) is -1.03. The average molecular weight is 189 g/mol. The van der Waals surface area contributed by atoms with Crippen LogP contribution in [0.15, 0.2) is 0 Å². The van der Waals surface area contributed by atoms with Gasteiger partial charge in [-0.3, -0.25) is 14.4 Å². The third-order valence-corrected chi connectivity index (χ3v) is 1.50. The van der Waals surface area contributed by atoms with Crippen LogP contribution >= 0.6 is 0 Å². The third-order valence-electron chi connectivity index (χ3n) is 1.50. The summed E-state index contributed by atoms with van der Waals surface area (Å²) in [6, 6.07) is 0. The Bertz CT molecular complexity index is 203. The van der Waals surface area contributed by atoms with Gasteiger partial charge in [-0.1, -0.05) is 0 Å². The standard InChI is InChI=1S/C7H15N3O3/c1-7(2,4-8)6(12)10-13-3-5(9)11/h3-4,8H2,1-2H3,(H2,9,11)(H,10,12). The molecule has 0 heterocycles. The van der Waals surface area contributed by atoms with Crippen LogP contribution in [0.3, 0.4) is 0 Å². The van der Waals surface area contributed by atoms with Gasteiger partial charge in [0.05, 0.1) is 5.41 Å². The highest BCUT2D eigenvalue weighted by Crippen LogP contribution is 2.11. The maximum Gasteiger partial charge on any atom is 0.250 e. The van der Waals surface area contributed by atoms with Gasteiger partial charge in [0.1, 0.15) is 0 Å². The zero-order valence-corrected chi connectivity index (χ0v) is 7.79. The van der Waals surface area contributed by atoms with E-state index < -0.39 is 11.3 Å². The summed E-state index contributed by atoms with van der Waals surface area (Å²) in [7, 11) is 0. The van der Waals surface area contributed by atoms with Crippen molar-refractivity contribution in [2.75, 3.05) is 13.2 Å². The quantitative estimate of drug-likeness (QED) is 0.457. The van der Waals surface area contributed by atoms with Gasteiger partial charge in [0.15, 0.2) is 6.61 Å². The van der Waals surface area contributed by atoms with Crippen LogP contribution in [0.5, 0.6) is 0 Å². The van der Waals surface area contributed by atoms with Crippen LogP contribution in [0.1, 0.15) is 13.8 Å². The molecule has 13 heavy (non-hydrogen) atoms. The molecule has 0 rings (SSSR count). The molecule has 0 unspecified atom stereocenters. The summed E-state index contributed by atoms with van der Waals surface area (Å²) in [4.78, 5) is 25.9. The van der Waals surface area contributed by atoms with Gasteiger partial charge >= 0.3 is 0 Å². The number of hydrogen-bond acceptors (Lipinski definition) is 4. The zero-order valence-electron chi connectivity index (χ0n) is 7.79. The fourth-order valence-electron chi connectivity index (χ4n) is 0.404. The lowest BCUT2D eigenvalue weighted by Crippen LogP contribution is -2.42. The molecule has 76 valence electrons. The number of hydroxylamine groups is 1. The van der Waals surface area contributed by atoms with Crippen LogP contribution in [0.25, 0.3) is 0 Å². The highest BCUT2D eigenvalue weighted by Gasteiger charge is 2.25. The number of rotatable bonds is 5. The van der Waals surface area contributed by atoms with Crippen LogP contribution < -0.4 is 16.9 Å². The summed E-state index contributed by atoms with van der Waals surface area (Å²) >= 11 is 0. The Hall–Kier alpha value is -1.14. The third kappa shape index (κ3) is 4.44. The molecule has 0 spiro atoms. The van der Waals surface area contributed by atoms with Crippen LogP contribution in [0.2, 0.25) is 0 Å². The Morgan fingerprint density at radius 1 is 1.46 bits per heavy atom. The van der Waals surface area contributed by atoms with Gasteiger partial charge in [-0.2, -0.15) is 0 Å². The van der Waals surface area contributed by atoms with Crippen LogP contribution in [0, 0.1) is 5.41 Å². The number of nitrogens with one attached hydrogen (secondary N) is 1. The topological polar surface area (TPSA) is 107 Å². The minimum Gasteiger partial charge on any atom is -0.368 e. The summed E-state index contributed by atoms with van der Waals surface area (Å²) in [5, 5.41) is 0. The van der Waals surface area contributed by atoms with Crippen molar-refractivity contribution in [1.29, 1.82) is 0 Å². The molecular formula is C7H15N3O3. The molecule has 0 fully saturated rings. The predicted octanol–water partition coefficient (Wildman–Crippen LogP) is -1.50. The first-order valence-electron chi connectivity index (χ1n) is 3.81. The lowest BCUT2D eigenvalue weighted by molar-refractivity contribution is -0.144. The molecule has 0 aliphatic rings. The van der Waals surface area contributed by atoms with Crippen LogP contribution in [-0.4, -0.2) is 25.0 Å². The van der Waals surface area contributed by atoms with Crippen molar-refractivity contribution in [2.24, 2.45) is 16.9 Å². The Balaban J connectivity index is 3.81. The number of nitrogens with two attached hydrogens (primary N) is 2. The monoisotopic (exact) mass is 189 g/mol. The van der Waals surface area contributed by atoms with E-state index in [1.807, 2.05) is 0 Å². The summed E-state index contributed by atoms with van der Waals surface area (Å²) in [5.41, 5.74) is 11.5. The van der Waals surface area contributed by atoms with Crippen molar-refractivity contribution in [3.05, 3.63) is 0 Å². The number of primary amides is 1. The highest BCUT2D eigenvalue weighted by atomic mass is 16.7. The second-order valence-corrected chi connectivity index (χ2v) is 3.27. The van der Waals surface area contributed by atoms with Gasteiger partial charge in [0.25, 0.3) is 0 Å². The van der Waals surface area contributed by atoms with E-state index in [0.717, 1.165) is 0 Å². The molecule has 0 aromatic carbocycles. The van der Waals surface area contributed by atoms with Crippen molar-refractivity contribution in [2.45, 2.75) is 13.8 Å². The second kappa shape index (κ2) is 4.78. The molecule has 0 saturated heterocycles. The molecular weight excluding hydrogens is 174 g/mol. The zero-order chi connectivity index (χ0) is 10.5. The van der Waals surface area contributed by atoms with E-state index in [1.165, 1.54) is 0 Å². The Morgan fingerprint density at radius 2 is 2.00 bits per heavy atom. The number of carbonyl (C=O) groups is 2. The largest absolute Gasteiger partial charge is 0.368 e. The molecule has 0 bridgehead atoms. The molecule has 5 N–H and O–H groups in total. The van der Waals surface area contributed by atoms with E-state index in [-0.39, 0.29) is 19.1 Å². The SMILES string of the molecule is CC(C)(CN)C(=O)NOCC(N)=O. The van der Waals surface area contributed by atoms with Gasteiger partial charge < -0.3 is 11.5 Å². The molecule has 0 radical (unpaired) electrons. The maximum absolute atomic E-state index is 11.2. The lowest BCUT2D eigenvalue weighted by Gasteiger charge is -2.20. The van der Waals surface area contributed by atoms with Crippen molar-refractivity contribution in [3.63, 3.8) is 0 Å². The van der Waals surface area contributed by atoms with Crippen LogP contribution in [-0.2, 0) is 14.4 Å². The smallest absolute Gasteiger partial charge is 0.250 e. The van der Waals surface area contributed by atoms with E-state index in [4.69, 9.17) is 11.5 Å². The Morgan fingerprint density at radius 3 is 2.38 bits per heavy atom. The summed E-state index contributed by atoms with van der Waals surface area (Å²) in [6.07, 6.45) is 0. The Labute approximate surface area is 76.5 Å². The van der Waals surface area contributed by atoms with Gasteiger partial charge in [0, 0.05) is 6.54 Å². The van der Waals surface area contributed by atoms with E-state index in [1.54, 1.807) is 13.8 Å². The molecule has 0 saturated carbocycles. The highest BCUT2D eigenvalue weighted by molar-refractivity contribution is 5.81. The maximum atomic E-state index is 11.2. The first kappa shape index (κ1) is 11.9. The predicted molar refractivity (Wildman–Crippen MR) is 46.1 cm³/mol. The first-order chi connectivity index (χ1) is 5.90. The fourth-order valence-corrected chi connectivity index (χ4v) is 0.404. The van der Waals surface area contributed by atoms with E-state index in [2.05, 4.69) is 10.3 Å². The molecule has 0 aliphatic heterocycles. The van der Waals surface area contributed by atoms with Crippen molar-refractivity contribution in [1.82, 2.24) is 5.48 Å². The minimum atomic E-state index is -0.711. The van der Waals surface area contributed by atoms with Crippen molar-refractivity contribution < 1.29 is 14.4 Å². The molecule has 0 atom stereocenters. The van der Waals surface area contributed by atoms with E-state index in [0.29, 0.717) is 0 Å². The van der Waals surface area contributed by atoms with E-state index >= 15 is 0 Å². The summed E-state index contributed by atoms with van der Waals surface area (Å²) < 4.78 is 0. The fraction of sp³-hybridized carbons (Fsp3) is 0.714. The molecule has 0 aliphatic carbocycles. The van der Waals surface area contributed by atoms with Crippen molar-refractivity contribution in [3.8, 4) is 0 Å². The van der Waals surface area contributed by atoms with Gasteiger partial charge in [-0.25, -0.2) is 5.48 Å². The summed E-state index contributed by atoms with van der Waals surface area (Å²) in [6.45, 7) is 3.18.